The fraction of sp³-hybridized carbons (Fsp3) is 0.625. The van der Waals surface area contributed by atoms with Crippen molar-refractivity contribution >= 4 is 23.4 Å². The van der Waals surface area contributed by atoms with Gasteiger partial charge in [0.15, 0.2) is 0 Å². The van der Waals surface area contributed by atoms with E-state index in [1.165, 1.54) is 12.1 Å². The molecule has 0 bridgehead atoms. The Morgan fingerprint density at radius 2 is 2.14 bits per heavy atom. The molecule has 0 saturated carbocycles. The van der Waals surface area contributed by atoms with Crippen molar-refractivity contribution in [3.05, 3.63) is 34.6 Å². The predicted octanol–water partition coefficient (Wildman–Crippen LogP) is 4.20. The zero-order chi connectivity index (χ0) is 14.9. The molecule has 1 spiro atoms. The number of hydrogen-bond donors (Lipinski definition) is 1. The second kappa shape index (κ2) is 6.45. The molecule has 3 rings (SSSR count). The summed E-state index contributed by atoms with van der Waals surface area (Å²) in [6.45, 7) is 0.686. The lowest BCUT2D eigenvalue weighted by molar-refractivity contribution is -0.121. The highest BCUT2D eigenvalue weighted by Gasteiger charge is 2.41. The lowest BCUT2D eigenvalue weighted by Gasteiger charge is -2.44. The molecular formula is C16H20ClFO2S. The van der Waals surface area contributed by atoms with Gasteiger partial charge in [-0.05, 0) is 60.8 Å². The lowest BCUT2D eigenvalue weighted by Crippen LogP contribution is -2.44. The fourth-order valence-corrected chi connectivity index (χ4v) is 4.94. The first-order valence-corrected chi connectivity index (χ1v) is 8.98. The van der Waals surface area contributed by atoms with Gasteiger partial charge in [-0.2, -0.15) is 11.8 Å². The maximum atomic E-state index is 13.2. The average Bonchev–Trinajstić information content (AvgIpc) is 2.47. The van der Waals surface area contributed by atoms with Crippen molar-refractivity contribution in [3.8, 4) is 0 Å². The van der Waals surface area contributed by atoms with E-state index in [0.29, 0.717) is 17.2 Å². The average molecular weight is 331 g/mol. The van der Waals surface area contributed by atoms with Gasteiger partial charge < -0.3 is 9.84 Å². The first kappa shape index (κ1) is 15.6. The number of benzene rings is 1. The molecule has 0 amide bonds. The minimum atomic E-state index is -0.645. The van der Waals surface area contributed by atoms with Crippen LogP contribution >= 0.6 is 23.4 Å². The summed E-state index contributed by atoms with van der Waals surface area (Å²) in [7, 11) is 0. The summed E-state index contributed by atoms with van der Waals surface area (Å²) < 4.78 is 19.2. The van der Waals surface area contributed by atoms with E-state index < -0.39 is 6.10 Å². The SMILES string of the molecule is OC(c1ccc(F)cc1Cl)C1CCOC2(CCSCC2)C1. The topological polar surface area (TPSA) is 29.5 Å². The van der Waals surface area contributed by atoms with Gasteiger partial charge in [-0.25, -0.2) is 4.39 Å². The largest absolute Gasteiger partial charge is 0.388 e. The second-order valence-corrected chi connectivity index (χ2v) is 7.64. The molecule has 2 aliphatic rings. The summed E-state index contributed by atoms with van der Waals surface area (Å²) in [6, 6.07) is 4.23. The van der Waals surface area contributed by atoms with Crippen molar-refractivity contribution in [3.63, 3.8) is 0 Å². The summed E-state index contributed by atoms with van der Waals surface area (Å²) in [6.07, 6.45) is 3.15. The molecule has 2 unspecified atom stereocenters. The molecule has 0 aromatic heterocycles. The lowest BCUT2D eigenvalue weighted by atomic mass is 9.78. The summed E-state index contributed by atoms with van der Waals surface area (Å²) >= 11 is 8.05. The number of aliphatic hydroxyl groups is 1. The fourth-order valence-electron chi connectivity index (χ4n) is 3.42. The molecule has 2 atom stereocenters. The van der Waals surface area contributed by atoms with E-state index in [2.05, 4.69) is 0 Å². The maximum Gasteiger partial charge on any atom is 0.124 e. The number of halogens is 2. The minimum absolute atomic E-state index is 0.0678. The Labute approximate surface area is 134 Å². The monoisotopic (exact) mass is 330 g/mol. The summed E-state index contributed by atoms with van der Waals surface area (Å²) in [5.41, 5.74) is 0.562. The van der Waals surface area contributed by atoms with E-state index in [4.69, 9.17) is 16.3 Å². The van der Waals surface area contributed by atoms with Crippen LogP contribution in [0.25, 0.3) is 0 Å². The number of ether oxygens (including phenoxy) is 1. The highest BCUT2D eigenvalue weighted by Crippen LogP contribution is 2.44. The van der Waals surface area contributed by atoms with E-state index in [1.54, 1.807) is 6.07 Å². The normalized spacial score (nSPS) is 26.7. The quantitative estimate of drug-likeness (QED) is 0.881. The van der Waals surface area contributed by atoms with Crippen LogP contribution in [0.4, 0.5) is 4.39 Å². The Morgan fingerprint density at radius 3 is 2.86 bits per heavy atom. The third kappa shape index (κ3) is 3.39. The van der Waals surface area contributed by atoms with Crippen LogP contribution in [-0.4, -0.2) is 28.8 Å². The van der Waals surface area contributed by atoms with Crippen LogP contribution in [0, 0.1) is 11.7 Å². The highest BCUT2D eigenvalue weighted by atomic mass is 35.5. The molecule has 2 nitrogen and oxygen atoms in total. The van der Waals surface area contributed by atoms with Crippen LogP contribution in [0.5, 0.6) is 0 Å². The van der Waals surface area contributed by atoms with Gasteiger partial charge in [-0.1, -0.05) is 17.7 Å². The molecule has 0 radical (unpaired) electrons. The van der Waals surface area contributed by atoms with Gasteiger partial charge in [-0.15, -0.1) is 0 Å². The van der Waals surface area contributed by atoms with Gasteiger partial charge in [0.25, 0.3) is 0 Å². The van der Waals surface area contributed by atoms with Crippen LogP contribution in [0.2, 0.25) is 5.02 Å². The second-order valence-electron chi connectivity index (χ2n) is 6.01. The summed E-state index contributed by atoms with van der Waals surface area (Å²) in [5, 5.41) is 11.0. The number of rotatable bonds is 2. The van der Waals surface area contributed by atoms with Crippen molar-refractivity contribution in [1.82, 2.24) is 0 Å². The van der Waals surface area contributed by atoms with Crippen LogP contribution in [0.1, 0.15) is 37.4 Å². The number of hydrogen-bond acceptors (Lipinski definition) is 3. The van der Waals surface area contributed by atoms with E-state index in [-0.39, 0.29) is 17.3 Å². The number of thioether (sulfide) groups is 1. The number of aliphatic hydroxyl groups excluding tert-OH is 1. The third-order valence-electron chi connectivity index (χ3n) is 4.66. The maximum absolute atomic E-state index is 13.2. The molecule has 1 aromatic carbocycles. The predicted molar refractivity (Wildman–Crippen MR) is 84.3 cm³/mol. The zero-order valence-electron chi connectivity index (χ0n) is 11.9. The van der Waals surface area contributed by atoms with Crippen molar-refractivity contribution in [2.24, 2.45) is 5.92 Å². The van der Waals surface area contributed by atoms with Gasteiger partial charge in [0.2, 0.25) is 0 Å². The van der Waals surface area contributed by atoms with Gasteiger partial charge in [0.1, 0.15) is 5.82 Å². The molecule has 21 heavy (non-hydrogen) atoms. The first-order chi connectivity index (χ1) is 10.1. The summed E-state index contributed by atoms with van der Waals surface area (Å²) in [4.78, 5) is 0. The van der Waals surface area contributed by atoms with Gasteiger partial charge in [-0.3, -0.25) is 0 Å². The molecular weight excluding hydrogens is 311 g/mol. The molecule has 1 N–H and O–H groups in total. The van der Waals surface area contributed by atoms with E-state index in [9.17, 15) is 9.50 Å². The Balaban J connectivity index is 1.76. The zero-order valence-corrected chi connectivity index (χ0v) is 13.4. The molecule has 5 heteroatoms. The Bertz CT molecular complexity index is 500. The van der Waals surface area contributed by atoms with E-state index >= 15 is 0 Å². The smallest absolute Gasteiger partial charge is 0.124 e. The Kier molecular flexibility index (Phi) is 4.79. The van der Waals surface area contributed by atoms with Gasteiger partial charge in [0, 0.05) is 11.6 Å². The molecule has 0 aliphatic carbocycles. The van der Waals surface area contributed by atoms with E-state index in [0.717, 1.165) is 37.2 Å². The Morgan fingerprint density at radius 1 is 1.38 bits per heavy atom. The van der Waals surface area contributed by atoms with Crippen LogP contribution < -0.4 is 0 Å². The van der Waals surface area contributed by atoms with Crippen molar-refractivity contribution in [2.45, 2.75) is 37.4 Å². The van der Waals surface area contributed by atoms with Crippen molar-refractivity contribution in [2.75, 3.05) is 18.1 Å². The van der Waals surface area contributed by atoms with Crippen LogP contribution in [-0.2, 0) is 4.74 Å². The molecule has 116 valence electrons. The van der Waals surface area contributed by atoms with E-state index in [1.807, 2.05) is 11.8 Å². The minimum Gasteiger partial charge on any atom is -0.388 e. The van der Waals surface area contributed by atoms with Crippen LogP contribution in [0.15, 0.2) is 18.2 Å². The Hall–Kier alpha value is -0.290. The molecule has 2 aliphatic heterocycles. The molecule has 2 saturated heterocycles. The molecule has 2 heterocycles. The van der Waals surface area contributed by atoms with Crippen molar-refractivity contribution < 1.29 is 14.2 Å². The molecule has 2 fully saturated rings. The van der Waals surface area contributed by atoms with Crippen LogP contribution in [0.3, 0.4) is 0 Å². The van der Waals surface area contributed by atoms with Gasteiger partial charge in [0.05, 0.1) is 11.7 Å². The van der Waals surface area contributed by atoms with Gasteiger partial charge >= 0.3 is 0 Å². The standard InChI is InChI=1S/C16H20ClFO2S/c17-14-9-12(18)1-2-13(14)15(19)11-3-6-20-16(10-11)4-7-21-8-5-16/h1-2,9,11,15,19H,3-8,10H2. The third-order valence-corrected chi connectivity index (χ3v) is 5.98. The highest BCUT2D eigenvalue weighted by molar-refractivity contribution is 7.99. The first-order valence-electron chi connectivity index (χ1n) is 7.44. The summed E-state index contributed by atoms with van der Waals surface area (Å²) in [5.74, 6) is 2.01. The molecule has 1 aromatic rings. The van der Waals surface area contributed by atoms with Crippen molar-refractivity contribution in [1.29, 1.82) is 0 Å².